The molecule has 5 heteroatoms. The molecule has 0 spiro atoms. The lowest BCUT2D eigenvalue weighted by Crippen LogP contribution is -2.40. The van der Waals surface area contributed by atoms with Gasteiger partial charge in [-0.15, -0.1) is 0 Å². The zero-order valence-electron chi connectivity index (χ0n) is 19.3. The molecule has 1 amide bonds. The fraction of sp³-hybridized carbons (Fsp3) is 0.429. The number of hydrogen-bond donors (Lipinski definition) is 0. The lowest BCUT2D eigenvalue weighted by Gasteiger charge is -2.34. The average Bonchev–Trinajstić information content (AvgIpc) is 3.69. The molecule has 2 fully saturated rings. The third kappa shape index (κ3) is 5.25. The molecule has 1 aliphatic heterocycles. The van der Waals surface area contributed by atoms with Gasteiger partial charge in [-0.05, 0) is 80.9 Å². The summed E-state index contributed by atoms with van der Waals surface area (Å²) < 4.78 is 13.1. The Labute approximate surface area is 195 Å². The number of nitrogens with zero attached hydrogens (tertiary/aromatic N) is 3. The summed E-state index contributed by atoms with van der Waals surface area (Å²) >= 11 is 0. The van der Waals surface area contributed by atoms with Gasteiger partial charge in [0, 0.05) is 37.1 Å². The first-order valence-corrected chi connectivity index (χ1v) is 12.2. The van der Waals surface area contributed by atoms with Gasteiger partial charge in [-0.25, -0.2) is 4.39 Å². The van der Waals surface area contributed by atoms with E-state index in [4.69, 9.17) is 4.98 Å². The molecule has 4 nitrogen and oxygen atoms in total. The van der Waals surface area contributed by atoms with E-state index in [-0.39, 0.29) is 11.7 Å². The molecule has 0 radical (unpaired) electrons. The number of halogens is 1. The van der Waals surface area contributed by atoms with E-state index in [1.165, 1.54) is 30.5 Å². The summed E-state index contributed by atoms with van der Waals surface area (Å²) in [5, 5.41) is 0.953. The Balaban J connectivity index is 1.17. The molecule has 172 valence electrons. The maximum Gasteiger partial charge on any atom is 0.254 e. The molecule has 0 atom stereocenters. The minimum atomic E-state index is -0.179. The molecular formula is C28H32FN3O. The standard InChI is InChI=1S/C28H32FN3O/c1-31(19-21-13-16-32(17-14-21)15-12-20-6-10-23(29)11-7-20)28(33)25-18-27(22-8-9-22)30-26-5-3-2-4-24(25)26/h2-7,10-11,18,21-22H,8-9,12-17,19H2,1H3. The zero-order valence-corrected chi connectivity index (χ0v) is 19.3. The van der Waals surface area contributed by atoms with Crippen LogP contribution in [0.25, 0.3) is 10.9 Å². The number of amides is 1. The van der Waals surface area contributed by atoms with E-state index in [1.54, 1.807) is 0 Å². The molecule has 1 aliphatic carbocycles. The van der Waals surface area contributed by atoms with Crippen LogP contribution in [0.3, 0.4) is 0 Å². The predicted octanol–water partition coefficient (Wildman–Crippen LogP) is 5.28. The largest absolute Gasteiger partial charge is 0.341 e. The van der Waals surface area contributed by atoms with Gasteiger partial charge in [0.2, 0.25) is 0 Å². The Morgan fingerprint density at radius 2 is 1.79 bits per heavy atom. The molecule has 2 heterocycles. The highest BCUT2D eigenvalue weighted by Crippen LogP contribution is 2.40. The van der Waals surface area contributed by atoms with Crippen LogP contribution in [-0.4, -0.2) is 53.9 Å². The number of carbonyl (C=O) groups is 1. The van der Waals surface area contributed by atoms with E-state index in [1.807, 2.05) is 54.4 Å². The third-order valence-electron chi connectivity index (χ3n) is 7.18. The van der Waals surface area contributed by atoms with Crippen molar-refractivity contribution >= 4 is 16.8 Å². The van der Waals surface area contributed by atoms with Crippen molar-refractivity contribution in [2.45, 2.75) is 38.0 Å². The molecule has 2 aliphatic rings. The van der Waals surface area contributed by atoms with Gasteiger partial charge in [0.25, 0.3) is 5.91 Å². The number of fused-ring (bicyclic) bond motifs is 1. The molecular weight excluding hydrogens is 413 g/mol. The minimum Gasteiger partial charge on any atom is -0.341 e. The fourth-order valence-corrected chi connectivity index (χ4v) is 4.97. The van der Waals surface area contributed by atoms with Crippen molar-refractivity contribution in [3.05, 3.63) is 77.2 Å². The number of rotatable bonds is 7. The van der Waals surface area contributed by atoms with E-state index in [0.717, 1.165) is 67.6 Å². The topological polar surface area (TPSA) is 36.4 Å². The maximum absolute atomic E-state index is 13.4. The van der Waals surface area contributed by atoms with Crippen LogP contribution in [0.2, 0.25) is 0 Å². The van der Waals surface area contributed by atoms with Crippen molar-refractivity contribution in [2.75, 3.05) is 33.2 Å². The molecule has 33 heavy (non-hydrogen) atoms. The summed E-state index contributed by atoms with van der Waals surface area (Å²) in [6, 6.07) is 16.9. The van der Waals surface area contributed by atoms with Gasteiger partial charge < -0.3 is 9.80 Å². The van der Waals surface area contributed by atoms with Gasteiger partial charge in [-0.2, -0.15) is 0 Å². The van der Waals surface area contributed by atoms with Gasteiger partial charge >= 0.3 is 0 Å². The molecule has 0 unspecified atom stereocenters. The van der Waals surface area contributed by atoms with Gasteiger partial charge in [-0.3, -0.25) is 9.78 Å². The summed E-state index contributed by atoms with van der Waals surface area (Å²) in [4.78, 5) is 22.6. The molecule has 3 aromatic rings. The second-order valence-corrected chi connectivity index (χ2v) is 9.73. The van der Waals surface area contributed by atoms with Gasteiger partial charge in [0.05, 0.1) is 11.1 Å². The van der Waals surface area contributed by atoms with Crippen LogP contribution in [0.4, 0.5) is 4.39 Å². The van der Waals surface area contributed by atoms with E-state index in [9.17, 15) is 9.18 Å². The van der Waals surface area contributed by atoms with Crippen LogP contribution < -0.4 is 0 Å². The molecule has 1 saturated heterocycles. The first-order valence-electron chi connectivity index (χ1n) is 12.2. The second kappa shape index (κ2) is 9.60. The van der Waals surface area contributed by atoms with Crippen molar-refractivity contribution in [1.29, 1.82) is 0 Å². The van der Waals surface area contributed by atoms with Crippen LogP contribution in [0.1, 0.15) is 53.2 Å². The summed E-state index contributed by atoms with van der Waals surface area (Å²) in [6.07, 6.45) is 5.50. The zero-order chi connectivity index (χ0) is 22.8. The van der Waals surface area contributed by atoms with Crippen molar-refractivity contribution < 1.29 is 9.18 Å². The summed E-state index contributed by atoms with van der Waals surface area (Å²) in [7, 11) is 1.94. The van der Waals surface area contributed by atoms with Crippen LogP contribution >= 0.6 is 0 Å². The molecule has 0 N–H and O–H groups in total. The minimum absolute atomic E-state index is 0.106. The Bertz CT molecular complexity index is 1120. The SMILES string of the molecule is CN(CC1CCN(CCc2ccc(F)cc2)CC1)C(=O)c1cc(C2CC2)nc2ccccc12. The molecule has 1 aromatic heterocycles. The Morgan fingerprint density at radius 1 is 1.06 bits per heavy atom. The van der Waals surface area contributed by atoms with E-state index >= 15 is 0 Å². The van der Waals surface area contributed by atoms with Crippen molar-refractivity contribution in [3.8, 4) is 0 Å². The number of carbonyl (C=O) groups excluding carboxylic acids is 1. The van der Waals surface area contributed by atoms with E-state index < -0.39 is 0 Å². The third-order valence-corrected chi connectivity index (χ3v) is 7.18. The van der Waals surface area contributed by atoms with Crippen LogP contribution in [0.5, 0.6) is 0 Å². The number of piperidine rings is 1. The number of para-hydroxylation sites is 1. The second-order valence-electron chi connectivity index (χ2n) is 9.73. The number of hydrogen-bond acceptors (Lipinski definition) is 3. The quantitative estimate of drug-likeness (QED) is 0.497. The first kappa shape index (κ1) is 22.0. The average molecular weight is 446 g/mol. The van der Waals surface area contributed by atoms with Gasteiger partial charge in [0.1, 0.15) is 5.82 Å². The summed E-state index contributed by atoms with van der Waals surface area (Å²) in [6.45, 7) is 3.90. The van der Waals surface area contributed by atoms with Crippen LogP contribution in [0.15, 0.2) is 54.6 Å². The predicted molar refractivity (Wildman–Crippen MR) is 130 cm³/mol. The maximum atomic E-state index is 13.4. The molecule has 1 saturated carbocycles. The van der Waals surface area contributed by atoms with Gasteiger partial charge in [-0.1, -0.05) is 30.3 Å². The number of benzene rings is 2. The summed E-state index contributed by atoms with van der Waals surface area (Å²) in [5.74, 6) is 0.971. The number of likely N-dealkylation sites (tertiary alicyclic amines) is 1. The Kier molecular flexibility index (Phi) is 6.41. The fourth-order valence-electron chi connectivity index (χ4n) is 4.97. The first-order chi connectivity index (χ1) is 16.1. The molecule has 0 bridgehead atoms. The van der Waals surface area contributed by atoms with Crippen molar-refractivity contribution in [1.82, 2.24) is 14.8 Å². The normalized spacial score (nSPS) is 17.4. The highest BCUT2D eigenvalue weighted by molar-refractivity contribution is 6.06. The lowest BCUT2D eigenvalue weighted by atomic mass is 9.95. The monoisotopic (exact) mass is 445 g/mol. The number of pyridine rings is 1. The van der Waals surface area contributed by atoms with Gasteiger partial charge in [0.15, 0.2) is 0 Å². The highest BCUT2D eigenvalue weighted by Gasteiger charge is 2.28. The highest BCUT2D eigenvalue weighted by atomic mass is 19.1. The van der Waals surface area contributed by atoms with Crippen molar-refractivity contribution in [3.63, 3.8) is 0 Å². The molecule has 5 rings (SSSR count). The lowest BCUT2D eigenvalue weighted by molar-refractivity contribution is 0.0742. The summed E-state index contributed by atoms with van der Waals surface area (Å²) in [5.41, 5.74) is 3.97. The van der Waals surface area contributed by atoms with Crippen molar-refractivity contribution in [2.24, 2.45) is 5.92 Å². The Hall–Kier alpha value is -2.79. The Morgan fingerprint density at radius 3 is 2.52 bits per heavy atom. The van der Waals surface area contributed by atoms with E-state index in [0.29, 0.717) is 11.8 Å². The number of aromatic nitrogens is 1. The smallest absolute Gasteiger partial charge is 0.254 e. The van der Waals surface area contributed by atoms with Crippen LogP contribution in [0, 0.1) is 11.7 Å². The molecule has 2 aromatic carbocycles. The van der Waals surface area contributed by atoms with Crippen LogP contribution in [-0.2, 0) is 6.42 Å². The van der Waals surface area contributed by atoms with E-state index in [2.05, 4.69) is 4.90 Å².